The molecule has 186 valence electrons. The van der Waals surface area contributed by atoms with Gasteiger partial charge in [-0.15, -0.1) is 0 Å². The van der Waals surface area contributed by atoms with E-state index in [9.17, 15) is 14.4 Å². The number of rotatable bonds is 6. The third kappa shape index (κ3) is 5.49. The number of carbonyl (C=O) groups excluding carboxylic acids is 3. The van der Waals surface area contributed by atoms with E-state index < -0.39 is 11.8 Å². The maximum absolute atomic E-state index is 12.8. The summed E-state index contributed by atoms with van der Waals surface area (Å²) >= 11 is 5.89. The molecule has 0 unspecified atom stereocenters. The lowest BCUT2D eigenvalue weighted by atomic mass is 10.1. The van der Waals surface area contributed by atoms with E-state index in [4.69, 9.17) is 16.1 Å². The molecule has 0 fully saturated rings. The second-order valence-electron chi connectivity index (χ2n) is 8.27. The zero-order chi connectivity index (χ0) is 25.8. The molecule has 3 heterocycles. The normalized spacial score (nSPS) is 12.2. The number of fused-ring (bicyclic) bond motifs is 1. The van der Waals surface area contributed by atoms with E-state index in [0.717, 1.165) is 16.8 Å². The second-order valence-corrected chi connectivity index (χ2v) is 8.71. The smallest absolute Gasteiger partial charge is 0.313 e. The highest BCUT2D eigenvalue weighted by Gasteiger charge is 2.26. The number of benzene rings is 2. The molecule has 1 aliphatic heterocycles. The first kappa shape index (κ1) is 24.1. The average molecular weight is 517 g/mol. The van der Waals surface area contributed by atoms with Crippen molar-refractivity contribution in [1.29, 1.82) is 0 Å². The van der Waals surface area contributed by atoms with Crippen LogP contribution in [0.4, 0.5) is 11.4 Å². The van der Waals surface area contributed by atoms with Gasteiger partial charge >= 0.3 is 11.8 Å². The zero-order valence-corrected chi connectivity index (χ0v) is 20.2. The van der Waals surface area contributed by atoms with E-state index in [1.165, 1.54) is 6.20 Å². The van der Waals surface area contributed by atoms with E-state index in [1.54, 1.807) is 65.7 Å². The molecule has 1 aliphatic rings. The lowest BCUT2D eigenvalue weighted by Crippen LogP contribution is -2.36. The van der Waals surface area contributed by atoms with Crippen LogP contribution in [-0.4, -0.2) is 45.9 Å². The van der Waals surface area contributed by atoms with Crippen molar-refractivity contribution in [3.05, 3.63) is 89.0 Å². The first-order valence-corrected chi connectivity index (χ1v) is 11.9. The Morgan fingerprint density at radius 3 is 2.68 bits per heavy atom. The van der Waals surface area contributed by atoms with E-state index >= 15 is 0 Å². The molecule has 0 radical (unpaired) electrons. The van der Waals surface area contributed by atoms with Gasteiger partial charge in [0.25, 0.3) is 5.91 Å². The van der Waals surface area contributed by atoms with Gasteiger partial charge in [-0.25, -0.2) is 0 Å². The number of carbonyl (C=O) groups is 3. The molecule has 10 nitrogen and oxygen atoms in total. The van der Waals surface area contributed by atoms with Crippen LogP contribution in [0.5, 0.6) is 0 Å². The van der Waals surface area contributed by atoms with Gasteiger partial charge in [0, 0.05) is 53.9 Å². The summed E-state index contributed by atoms with van der Waals surface area (Å²) in [6.07, 6.45) is 4.05. The van der Waals surface area contributed by atoms with Gasteiger partial charge in [0.2, 0.25) is 11.7 Å². The molecule has 2 N–H and O–H groups in total. The van der Waals surface area contributed by atoms with Crippen LogP contribution in [-0.2, 0) is 22.4 Å². The minimum absolute atomic E-state index is 0.135. The number of amides is 3. The molecule has 11 heteroatoms. The van der Waals surface area contributed by atoms with Crippen LogP contribution in [0, 0.1) is 0 Å². The summed E-state index contributed by atoms with van der Waals surface area (Å²) in [6.45, 7) is 0.667. The van der Waals surface area contributed by atoms with Crippen molar-refractivity contribution < 1.29 is 18.9 Å². The Bertz CT molecular complexity index is 1460. The fourth-order valence-corrected chi connectivity index (χ4v) is 4.09. The van der Waals surface area contributed by atoms with Crippen LogP contribution < -0.4 is 15.5 Å². The SMILES string of the molecule is O=C(NCCc1nc(-c2ccc(Cl)cc2)no1)C(=O)Nc1ccc2c(c1)CCN2C(=O)c1cccnc1. The largest absolute Gasteiger partial charge is 0.347 e. The molecular weight excluding hydrogens is 496 g/mol. The van der Waals surface area contributed by atoms with Crippen molar-refractivity contribution in [3.8, 4) is 11.4 Å². The van der Waals surface area contributed by atoms with Crippen LogP contribution in [0.15, 0.2) is 71.5 Å². The van der Waals surface area contributed by atoms with E-state index in [0.29, 0.717) is 41.0 Å². The molecule has 4 aromatic rings. The van der Waals surface area contributed by atoms with Crippen molar-refractivity contribution in [2.75, 3.05) is 23.3 Å². The number of pyridine rings is 1. The van der Waals surface area contributed by atoms with Gasteiger partial charge in [0.1, 0.15) is 0 Å². The third-order valence-electron chi connectivity index (χ3n) is 5.79. The molecule has 0 aliphatic carbocycles. The summed E-state index contributed by atoms with van der Waals surface area (Å²) in [6, 6.07) is 15.6. The van der Waals surface area contributed by atoms with Crippen LogP contribution in [0.1, 0.15) is 21.8 Å². The molecule has 0 atom stereocenters. The Balaban J connectivity index is 1.13. The predicted octanol–water partition coefficient (Wildman–Crippen LogP) is 3.29. The van der Waals surface area contributed by atoms with Crippen LogP contribution in [0.2, 0.25) is 5.02 Å². The molecule has 3 amide bonds. The Hall–Kier alpha value is -4.57. The molecule has 0 spiro atoms. The quantitative estimate of drug-likeness (QED) is 0.376. The van der Waals surface area contributed by atoms with Crippen molar-refractivity contribution in [3.63, 3.8) is 0 Å². The van der Waals surface area contributed by atoms with Gasteiger partial charge in [0.15, 0.2) is 0 Å². The number of halogens is 1. The highest BCUT2D eigenvalue weighted by molar-refractivity contribution is 6.39. The summed E-state index contributed by atoms with van der Waals surface area (Å²) in [7, 11) is 0. The number of hydrogen-bond donors (Lipinski definition) is 2. The Kier molecular flexibility index (Phi) is 6.91. The summed E-state index contributed by atoms with van der Waals surface area (Å²) < 4.78 is 5.21. The third-order valence-corrected chi connectivity index (χ3v) is 6.04. The summed E-state index contributed by atoms with van der Waals surface area (Å²) in [4.78, 5) is 47.4. The molecule has 37 heavy (non-hydrogen) atoms. The average Bonchev–Trinajstić information content (AvgIpc) is 3.56. The highest BCUT2D eigenvalue weighted by Crippen LogP contribution is 2.31. The molecule has 0 saturated carbocycles. The molecule has 2 aromatic heterocycles. The highest BCUT2D eigenvalue weighted by atomic mass is 35.5. The first-order chi connectivity index (χ1) is 18.0. The fraction of sp³-hybridized carbons (Fsp3) is 0.154. The maximum atomic E-state index is 12.8. The van der Waals surface area contributed by atoms with E-state index in [1.807, 2.05) is 0 Å². The minimum Gasteiger partial charge on any atom is -0.347 e. The monoisotopic (exact) mass is 516 g/mol. The summed E-state index contributed by atoms with van der Waals surface area (Å²) in [5.41, 5.74) is 3.41. The van der Waals surface area contributed by atoms with Gasteiger partial charge in [0.05, 0.1) is 5.56 Å². The van der Waals surface area contributed by atoms with Gasteiger partial charge < -0.3 is 20.1 Å². The number of hydrogen-bond acceptors (Lipinski definition) is 7. The van der Waals surface area contributed by atoms with Crippen LogP contribution in [0.25, 0.3) is 11.4 Å². The Labute approximate surface area is 216 Å². The lowest BCUT2D eigenvalue weighted by molar-refractivity contribution is -0.136. The predicted molar refractivity (Wildman–Crippen MR) is 136 cm³/mol. The number of nitrogens with zero attached hydrogens (tertiary/aromatic N) is 4. The van der Waals surface area contributed by atoms with Crippen LogP contribution in [0.3, 0.4) is 0 Å². The number of anilines is 2. The minimum atomic E-state index is -0.798. The van der Waals surface area contributed by atoms with Gasteiger partial charge in [-0.2, -0.15) is 4.98 Å². The summed E-state index contributed by atoms with van der Waals surface area (Å²) in [5.74, 6) is -0.979. The van der Waals surface area contributed by atoms with Crippen molar-refractivity contribution in [1.82, 2.24) is 20.4 Å². The zero-order valence-electron chi connectivity index (χ0n) is 19.5. The van der Waals surface area contributed by atoms with E-state index in [2.05, 4.69) is 25.8 Å². The number of nitrogens with one attached hydrogen (secondary N) is 2. The first-order valence-electron chi connectivity index (χ1n) is 11.5. The number of aromatic nitrogens is 3. The van der Waals surface area contributed by atoms with E-state index in [-0.39, 0.29) is 18.9 Å². The molecule has 0 bridgehead atoms. The molecule has 0 saturated heterocycles. The molecule has 5 rings (SSSR count). The lowest BCUT2D eigenvalue weighted by Gasteiger charge is -2.17. The Morgan fingerprint density at radius 1 is 1.05 bits per heavy atom. The van der Waals surface area contributed by atoms with Gasteiger partial charge in [-0.3, -0.25) is 19.4 Å². The van der Waals surface area contributed by atoms with Gasteiger partial charge in [-0.1, -0.05) is 16.8 Å². The standard InChI is InChI=1S/C26H21ClN6O4/c27-19-5-3-16(4-6-19)23-31-22(37-32-23)9-12-29-24(34)25(35)30-20-7-8-21-17(14-20)10-13-33(21)26(36)18-2-1-11-28-15-18/h1-8,11,14-15H,9-10,12-13H2,(H,29,34)(H,30,35). The van der Waals surface area contributed by atoms with Crippen molar-refractivity contribution in [2.24, 2.45) is 0 Å². The van der Waals surface area contributed by atoms with Crippen molar-refractivity contribution >= 4 is 40.7 Å². The molecule has 2 aromatic carbocycles. The molecular formula is C26H21ClN6O4. The summed E-state index contributed by atoms with van der Waals surface area (Å²) in [5, 5.41) is 9.67. The second kappa shape index (κ2) is 10.6. The van der Waals surface area contributed by atoms with Gasteiger partial charge in [-0.05, 0) is 66.6 Å². The maximum Gasteiger partial charge on any atom is 0.313 e. The topological polar surface area (TPSA) is 130 Å². The fourth-order valence-electron chi connectivity index (χ4n) is 3.96. The Morgan fingerprint density at radius 2 is 1.89 bits per heavy atom. The van der Waals surface area contributed by atoms with Crippen molar-refractivity contribution in [2.45, 2.75) is 12.8 Å². The van der Waals surface area contributed by atoms with Crippen LogP contribution >= 0.6 is 11.6 Å².